The number of hydrogen-bond acceptors (Lipinski definition) is 6. The standard InChI is InChI=1S/C26H23N7O/c1-16-17(2)32-33(18(16)3)25-15-14-24(30-31-25)27-20-9-11-21(12-10-20)28-26(34)23-13-8-19-6-4-5-7-22(19)29-23/h4-15H,1-3H3,(H,27,30)(H,28,34). The molecule has 0 unspecified atom stereocenters. The number of nitrogens with one attached hydrogen (secondary N) is 2. The molecule has 8 heteroatoms. The van der Waals surface area contributed by atoms with E-state index in [9.17, 15) is 4.79 Å². The van der Waals surface area contributed by atoms with Gasteiger partial charge in [-0.2, -0.15) is 5.10 Å². The maximum Gasteiger partial charge on any atom is 0.274 e. The van der Waals surface area contributed by atoms with Gasteiger partial charge in [-0.05, 0) is 74.9 Å². The highest BCUT2D eigenvalue weighted by Crippen LogP contribution is 2.20. The number of para-hydroxylation sites is 1. The van der Waals surface area contributed by atoms with Crippen LogP contribution in [0.15, 0.2) is 72.8 Å². The lowest BCUT2D eigenvalue weighted by Gasteiger charge is -2.09. The molecule has 2 aromatic carbocycles. The van der Waals surface area contributed by atoms with Crippen LogP contribution in [0.3, 0.4) is 0 Å². The maximum absolute atomic E-state index is 12.6. The molecule has 0 aliphatic carbocycles. The van der Waals surface area contributed by atoms with Crippen molar-refractivity contribution in [1.29, 1.82) is 0 Å². The number of rotatable bonds is 5. The fraction of sp³-hybridized carbons (Fsp3) is 0.115. The van der Waals surface area contributed by atoms with Crippen molar-refractivity contribution >= 4 is 34.0 Å². The Balaban J connectivity index is 1.25. The van der Waals surface area contributed by atoms with Crippen molar-refractivity contribution in [2.45, 2.75) is 20.8 Å². The summed E-state index contributed by atoms with van der Waals surface area (Å²) in [6.45, 7) is 6.04. The third-order valence-electron chi connectivity index (χ3n) is 5.77. The molecule has 0 radical (unpaired) electrons. The van der Waals surface area contributed by atoms with Crippen LogP contribution in [0.5, 0.6) is 0 Å². The van der Waals surface area contributed by atoms with Crippen molar-refractivity contribution < 1.29 is 4.79 Å². The molecule has 0 bridgehead atoms. The molecule has 168 valence electrons. The lowest BCUT2D eigenvalue weighted by molar-refractivity contribution is 0.102. The third kappa shape index (κ3) is 4.21. The third-order valence-corrected chi connectivity index (χ3v) is 5.77. The molecule has 0 aliphatic rings. The second-order valence-electron chi connectivity index (χ2n) is 8.03. The monoisotopic (exact) mass is 449 g/mol. The Morgan fingerprint density at radius 1 is 0.824 bits per heavy atom. The summed E-state index contributed by atoms with van der Waals surface area (Å²) in [7, 11) is 0. The summed E-state index contributed by atoms with van der Waals surface area (Å²) >= 11 is 0. The Labute approximate surface area is 196 Å². The average Bonchev–Trinajstić information content (AvgIpc) is 3.12. The van der Waals surface area contributed by atoms with E-state index in [1.807, 2.05) is 87.5 Å². The molecular formula is C26H23N7O. The van der Waals surface area contributed by atoms with Gasteiger partial charge in [-0.3, -0.25) is 4.79 Å². The summed E-state index contributed by atoms with van der Waals surface area (Å²) in [6.07, 6.45) is 0. The second-order valence-corrected chi connectivity index (χ2v) is 8.03. The first-order valence-electron chi connectivity index (χ1n) is 10.9. The molecule has 34 heavy (non-hydrogen) atoms. The molecule has 0 fully saturated rings. The average molecular weight is 450 g/mol. The molecule has 3 aromatic heterocycles. The predicted molar refractivity (Wildman–Crippen MR) is 133 cm³/mol. The number of aromatic nitrogens is 5. The minimum Gasteiger partial charge on any atom is -0.339 e. The summed E-state index contributed by atoms with van der Waals surface area (Å²) in [6, 6.07) is 22.4. The summed E-state index contributed by atoms with van der Waals surface area (Å²) in [4.78, 5) is 17.1. The van der Waals surface area contributed by atoms with E-state index >= 15 is 0 Å². The zero-order valence-corrected chi connectivity index (χ0v) is 19.1. The Morgan fingerprint density at radius 2 is 1.59 bits per heavy atom. The van der Waals surface area contributed by atoms with E-state index in [1.165, 1.54) is 0 Å². The van der Waals surface area contributed by atoms with Crippen molar-refractivity contribution in [3.05, 3.63) is 95.4 Å². The van der Waals surface area contributed by atoms with Crippen LogP contribution in [0.4, 0.5) is 17.2 Å². The van der Waals surface area contributed by atoms with Crippen LogP contribution in [0.1, 0.15) is 27.4 Å². The van der Waals surface area contributed by atoms with Crippen LogP contribution in [0.2, 0.25) is 0 Å². The van der Waals surface area contributed by atoms with E-state index < -0.39 is 0 Å². The van der Waals surface area contributed by atoms with Gasteiger partial charge in [-0.25, -0.2) is 9.67 Å². The summed E-state index contributed by atoms with van der Waals surface area (Å²) < 4.78 is 1.79. The first-order chi connectivity index (χ1) is 16.5. The van der Waals surface area contributed by atoms with Crippen molar-refractivity contribution in [2.24, 2.45) is 0 Å². The molecule has 8 nitrogen and oxygen atoms in total. The number of fused-ring (bicyclic) bond motifs is 1. The number of carbonyl (C=O) groups excluding carboxylic acids is 1. The summed E-state index contributed by atoms with van der Waals surface area (Å²) in [5.41, 5.74) is 5.82. The van der Waals surface area contributed by atoms with Crippen molar-refractivity contribution in [2.75, 3.05) is 10.6 Å². The number of pyridine rings is 1. The fourth-order valence-corrected chi connectivity index (χ4v) is 3.62. The zero-order chi connectivity index (χ0) is 23.7. The van der Waals surface area contributed by atoms with Crippen molar-refractivity contribution in [1.82, 2.24) is 25.0 Å². The topological polar surface area (TPSA) is 97.6 Å². The molecule has 0 aliphatic heterocycles. The molecule has 5 aromatic rings. The molecule has 2 N–H and O–H groups in total. The van der Waals surface area contributed by atoms with E-state index in [1.54, 1.807) is 10.7 Å². The highest BCUT2D eigenvalue weighted by Gasteiger charge is 2.11. The first-order valence-corrected chi connectivity index (χ1v) is 10.9. The van der Waals surface area contributed by atoms with Gasteiger partial charge < -0.3 is 10.6 Å². The minimum absolute atomic E-state index is 0.257. The van der Waals surface area contributed by atoms with E-state index in [0.717, 1.165) is 33.5 Å². The summed E-state index contributed by atoms with van der Waals surface area (Å²) in [5, 5.41) is 20.2. The van der Waals surface area contributed by atoms with Crippen LogP contribution >= 0.6 is 0 Å². The quantitative estimate of drug-likeness (QED) is 0.386. The van der Waals surface area contributed by atoms with Gasteiger partial charge in [-0.1, -0.05) is 24.3 Å². The molecule has 3 heterocycles. The Bertz CT molecular complexity index is 1490. The van der Waals surface area contributed by atoms with E-state index in [0.29, 0.717) is 23.0 Å². The zero-order valence-electron chi connectivity index (χ0n) is 19.1. The molecule has 0 saturated heterocycles. The maximum atomic E-state index is 12.6. The molecule has 5 rings (SSSR count). The largest absolute Gasteiger partial charge is 0.339 e. The van der Waals surface area contributed by atoms with Gasteiger partial charge in [0, 0.05) is 22.5 Å². The van der Waals surface area contributed by atoms with Crippen molar-refractivity contribution in [3.8, 4) is 5.82 Å². The first kappa shape index (κ1) is 21.3. The van der Waals surface area contributed by atoms with E-state index in [-0.39, 0.29) is 5.91 Å². The van der Waals surface area contributed by atoms with Crippen LogP contribution in [0, 0.1) is 20.8 Å². The number of benzene rings is 2. The minimum atomic E-state index is -0.257. The molecule has 1 amide bonds. The van der Waals surface area contributed by atoms with Gasteiger partial charge in [-0.15, -0.1) is 10.2 Å². The van der Waals surface area contributed by atoms with E-state index in [4.69, 9.17) is 0 Å². The number of anilines is 3. The number of nitrogens with zero attached hydrogens (tertiary/aromatic N) is 5. The Hall–Kier alpha value is -4.59. The molecular weight excluding hydrogens is 426 g/mol. The number of hydrogen-bond donors (Lipinski definition) is 2. The van der Waals surface area contributed by atoms with Gasteiger partial charge >= 0.3 is 0 Å². The van der Waals surface area contributed by atoms with E-state index in [2.05, 4.69) is 30.9 Å². The molecule has 0 spiro atoms. The van der Waals surface area contributed by atoms with Crippen LogP contribution in [-0.2, 0) is 0 Å². The molecule has 0 atom stereocenters. The van der Waals surface area contributed by atoms with Crippen LogP contribution in [0.25, 0.3) is 16.7 Å². The second kappa shape index (κ2) is 8.74. The highest BCUT2D eigenvalue weighted by atomic mass is 16.1. The fourth-order valence-electron chi connectivity index (χ4n) is 3.62. The van der Waals surface area contributed by atoms with Gasteiger partial charge in [0.2, 0.25) is 0 Å². The smallest absolute Gasteiger partial charge is 0.274 e. The molecule has 0 saturated carbocycles. The highest BCUT2D eigenvalue weighted by molar-refractivity contribution is 6.04. The Kier molecular flexibility index (Phi) is 5.47. The van der Waals surface area contributed by atoms with Gasteiger partial charge in [0.05, 0.1) is 11.2 Å². The number of aryl methyl sites for hydroxylation is 1. The lowest BCUT2D eigenvalue weighted by Crippen LogP contribution is -2.13. The Morgan fingerprint density at radius 3 is 2.29 bits per heavy atom. The summed E-state index contributed by atoms with van der Waals surface area (Å²) in [5.74, 6) is 1.02. The normalized spacial score (nSPS) is 10.9. The number of amides is 1. The van der Waals surface area contributed by atoms with Gasteiger partial charge in [0.15, 0.2) is 11.6 Å². The van der Waals surface area contributed by atoms with Gasteiger partial charge in [0.25, 0.3) is 5.91 Å². The van der Waals surface area contributed by atoms with Crippen LogP contribution in [-0.4, -0.2) is 30.9 Å². The predicted octanol–water partition coefficient (Wildman–Crippen LogP) is 5.13. The lowest BCUT2D eigenvalue weighted by atomic mass is 10.2. The SMILES string of the molecule is Cc1nn(-c2ccc(Nc3ccc(NC(=O)c4ccc5ccccc5n4)cc3)nn2)c(C)c1C. The number of carbonyl (C=O) groups is 1. The van der Waals surface area contributed by atoms with Gasteiger partial charge in [0.1, 0.15) is 5.69 Å². The van der Waals surface area contributed by atoms with Crippen molar-refractivity contribution in [3.63, 3.8) is 0 Å². The van der Waals surface area contributed by atoms with Crippen LogP contribution < -0.4 is 10.6 Å².